The Balaban J connectivity index is 1.87. The fraction of sp³-hybridized carbons (Fsp3) is 0.500. The van der Waals surface area contributed by atoms with Gasteiger partial charge in [0.15, 0.2) is 0 Å². The number of hydrogen-bond acceptors (Lipinski definition) is 3. The fourth-order valence-corrected chi connectivity index (χ4v) is 2.65. The zero-order valence-corrected chi connectivity index (χ0v) is 9.59. The van der Waals surface area contributed by atoms with Crippen LogP contribution in [-0.2, 0) is 0 Å². The highest BCUT2D eigenvalue weighted by Gasteiger charge is 2.13. The fourth-order valence-electron chi connectivity index (χ4n) is 1.64. The van der Waals surface area contributed by atoms with Crippen LogP contribution in [0.5, 0.6) is 0 Å². The quantitative estimate of drug-likeness (QED) is 0.752. The van der Waals surface area contributed by atoms with Gasteiger partial charge in [0.25, 0.3) is 0 Å². The summed E-state index contributed by atoms with van der Waals surface area (Å²) in [6.45, 7) is 2.17. The van der Waals surface area contributed by atoms with Crippen molar-refractivity contribution in [3.8, 4) is 0 Å². The third-order valence-corrected chi connectivity index (χ3v) is 3.45. The Labute approximate surface area is 93.7 Å². The molecule has 1 saturated heterocycles. The van der Waals surface area contributed by atoms with E-state index in [0.717, 1.165) is 23.6 Å². The van der Waals surface area contributed by atoms with Gasteiger partial charge in [-0.2, -0.15) is 11.3 Å². The minimum absolute atomic E-state index is 0.510. The van der Waals surface area contributed by atoms with Gasteiger partial charge in [0.2, 0.25) is 0 Å². The van der Waals surface area contributed by atoms with E-state index < -0.39 is 0 Å². The van der Waals surface area contributed by atoms with Gasteiger partial charge in [0.05, 0.1) is 0 Å². The molecule has 2 heterocycles. The van der Waals surface area contributed by atoms with Crippen LogP contribution in [0.25, 0.3) is 0 Å². The summed E-state index contributed by atoms with van der Waals surface area (Å²) >= 11 is 7.01. The lowest BCUT2D eigenvalue weighted by molar-refractivity contribution is 0.433. The highest BCUT2D eigenvalue weighted by atomic mass is 32.1. The first kappa shape index (κ1) is 10.1. The summed E-state index contributed by atoms with van der Waals surface area (Å²) in [5.74, 6) is 0. The van der Waals surface area contributed by atoms with Gasteiger partial charge in [-0.15, -0.1) is 0 Å². The summed E-state index contributed by atoms with van der Waals surface area (Å²) in [5, 5.41) is 10.9. The van der Waals surface area contributed by atoms with Crippen LogP contribution in [0.4, 0.5) is 0 Å². The summed E-state index contributed by atoms with van der Waals surface area (Å²) < 4.78 is 0. The molecule has 1 aliphatic rings. The molecule has 0 spiro atoms. The average Bonchev–Trinajstić information content (AvgIpc) is 2.72. The lowest BCUT2D eigenvalue weighted by Crippen LogP contribution is -2.45. The van der Waals surface area contributed by atoms with Crippen LogP contribution in [0, 0.1) is 0 Å². The molecule has 0 aliphatic carbocycles. The van der Waals surface area contributed by atoms with Gasteiger partial charge in [0, 0.05) is 23.5 Å². The number of thiocarbonyl (C=S) groups is 1. The van der Waals surface area contributed by atoms with Gasteiger partial charge in [-0.25, -0.2) is 0 Å². The Morgan fingerprint density at radius 1 is 1.64 bits per heavy atom. The van der Waals surface area contributed by atoms with Crippen LogP contribution >= 0.6 is 23.6 Å². The van der Waals surface area contributed by atoms with Crippen LogP contribution in [0.2, 0.25) is 0 Å². The SMILES string of the molecule is S=C(NC1CCCNC1)c1ccsc1. The van der Waals surface area contributed by atoms with Gasteiger partial charge < -0.3 is 10.6 Å². The molecule has 2 rings (SSSR count). The molecule has 1 aromatic rings. The molecular formula is C10H14N2S2. The van der Waals surface area contributed by atoms with Gasteiger partial charge in [-0.1, -0.05) is 12.2 Å². The standard InChI is InChI=1S/C10H14N2S2/c13-10(8-3-5-14-7-8)12-9-2-1-4-11-6-9/h3,5,7,9,11H,1-2,4,6H2,(H,12,13). The molecule has 4 heteroatoms. The Morgan fingerprint density at radius 3 is 3.21 bits per heavy atom. The van der Waals surface area contributed by atoms with Crippen molar-refractivity contribution in [2.75, 3.05) is 13.1 Å². The first-order chi connectivity index (χ1) is 6.86. The second kappa shape index (κ2) is 4.87. The second-order valence-corrected chi connectivity index (χ2v) is 4.72. The molecule has 0 bridgehead atoms. The van der Waals surface area contributed by atoms with Crippen LogP contribution in [0.3, 0.4) is 0 Å². The van der Waals surface area contributed by atoms with E-state index >= 15 is 0 Å². The Morgan fingerprint density at radius 2 is 2.57 bits per heavy atom. The van der Waals surface area contributed by atoms with E-state index in [4.69, 9.17) is 12.2 Å². The smallest absolute Gasteiger partial charge is 0.107 e. The molecule has 14 heavy (non-hydrogen) atoms. The first-order valence-electron chi connectivity index (χ1n) is 4.90. The highest BCUT2D eigenvalue weighted by molar-refractivity contribution is 7.80. The van der Waals surface area contributed by atoms with Crippen molar-refractivity contribution in [1.82, 2.24) is 10.6 Å². The second-order valence-electron chi connectivity index (χ2n) is 3.53. The van der Waals surface area contributed by atoms with E-state index in [1.54, 1.807) is 11.3 Å². The highest BCUT2D eigenvalue weighted by Crippen LogP contribution is 2.08. The third-order valence-electron chi connectivity index (χ3n) is 2.42. The van der Waals surface area contributed by atoms with Gasteiger partial charge >= 0.3 is 0 Å². The topological polar surface area (TPSA) is 24.1 Å². The summed E-state index contributed by atoms with van der Waals surface area (Å²) in [7, 11) is 0. The van der Waals surface area contributed by atoms with Crippen LogP contribution in [0.15, 0.2) is 16.8 Å². The van der Waals surface area contributed by atoms with E-state index in [9.17, 15) is 0 Å². The predicted octanol–water partition coefficient (Wildman–Crippen LogP) is 1.77. The predicted molar refractivity (Wildman–Crippen MR) is 65.0 cm³/mol. The average molecular weight is 226 g/mol. The lowest BCUT2D eigenvalue weighted by atomic mass is 10.1. The maximum Gasteiger partial charge on any atom is 0.107 e. The normalized spacial score (nSPS) is 21.9. The Hall–Kier alpha value is -0.450. The maximum absolute atomic E-state index is 5.32. The number of hydrogen-bond donors (Lipinski definition) is 2. The Bertz CT molecular complexity index is 289. The van der Waals surface area contributed by atoms with Crippen molar-refractivity contribution in [1.29, 1.82) is 0 Å². The largest absolute Gasteiger partial charge is 0.372 e. The van der Waals surface area contributed by atoms with Crippen LogP contribution in [-0.4, -0.2) is 24.1 Å². The van der Waals surface area contributed by atoms with Gasteiger partial charge in [-0.05, 0) is 30.8 Å². The monoisotopic (exact) mass is 226 g/mol. The number of rotatable bonds is 2. The van der Waals surface area contributed by atoms with E-state index in [0.29, 0.717) is 6.04 Å². The molecule has 1 atom stereocenters. The molecule has 2 N–H and O–H groups in total. The summed E-state index contributed by atoms with van der Waals surface area (Å²) in [6, 6.07) is 2.58. The Kier molecular flexibility index (Phi) is 3.50. The molecule has 1 unspecified atom stereocenters. The molecule has 2 nitrogen and oxygen atoms in total. The summed E-state index contributed by atoms with van der Waals surface area (Å²) in [6.07, 6.45) is 2.46. The molecule has 1 aromatic heterocycles. The molecule has 0 saturated carbocycles. The number of thiophene rings is 1. The minimum atomic E-state index is 0.510. The van der Waals surface area contributed by atoms with Crippen LogP contribution in [0.1, 0.15) is 18.4 Å². The van der Waals surface area contributed by atoms with E-state index in [-0.39, 0.29) is 0 Å². The lowest BCUT2D eigenvalue weighted by Gasteiger charge is -2.24. The van der Waals surface area contributed by atoms with Crippen molar-refractivity contribution in [2.45, 2.75) is 18.9 Å². The first-order valence-corrected chi connectivity index (χ1v) is 6.25. The molecule has 0 amide bonds. The molecule has 1 aliphatic heterocycles. The van der Waals surface area contributed by atoms with E-state index in [1.165, 1.54) is 12.8 Å². The summed E-state index contributed by atoms with van der Waals surface area (Å²) in [5.41, 5.74) is 1.15. The van der Waals surface area contributed by atoms with Crippen molar-refractivity contribution in [3.63, 3.8) is 0 Å². The zero-order valence-electron chi connectivity index (χ0n) is 7.95. The van der Waals surface area contributed by atoms with E-state index in [1.807, 2.05) is 0 Å². The molecule has 0 radical (unpaired) electrons. The summed E-state index contributed by atoms with van der Waals surface area (Å²) in [4.78, 5) is 0.889. The van der Waals surface area contributed by atoms with Crippen molar-refractivity contribution in [3.05, 3.63) is 22.4 Å². The van der Waals surface area contributed by atoms with Gasteiger partial charge in [-0.3, -0.25) is 0 Å². The van der Waals surface area contributed by atoms with Crippen molar-refractivity contribution < 1.29 is 0 Å². The zero-order chi connectivity index (χ0) is 9.80. The molecular weight excluding hydrogens is 212 g/mol. The maximum atomic E-state index is 5.32. The molecule has 76 valence electrons. The molecule has 1 fully saturated rings. The van der Waals surface area contributed by atoms with E-state index in [2.05, 4.69) is 27.5 Å². The van der Waals surface area contributed by atoms with Crippen molar-refractivity contribution >= 4 is 28.5 Å². The van der Waals surface area contributed by atoms with Crippen LogP contribution < -0.4 is 10.6 Å². The number of nitrogens with one attached hydrogen (secondary N) is 2. The molecule has 0 aromatic carbocycles. The minimum Gasteiger partial charge on any atom is -0.372 e. The third kappa shape index (κ3) is 2.53. The van der Waals surface area contributed by atoms with Gasteiger partial charge in [0.1, 0.15) is 4.99 Å². The van der Waals surface area contributed by atoms with Crippen molar-refractivity contribution in [2.24, 2.45) is 0 Å². The number of piperidine rings is 1.